The Kier molecular flexibility index (Phi) is 7.02. The molecule has 6 rings (SSSR count). The van der Waals surface area contributed by atoms with Crippen molar-refractivity contribution in [2.75, 3.05) is 0 Å². The second-order valence-electron chi connectivity index (χ2n) is 13.2. The van der Waals surface area contributed by atoms with Crippen molar-refractivity contribution in [1.29, 1.82) is 0 Å². The lowest BCUT2D eigenvalue weighted by molar-refractivity contribution is -0.00602. The van der Waals surface area contributed by atoms with Gasteiger partial charge in [0, 0.05) is 5.56 Å². The van der Waals surface area contributed by atoms with E-state index in [4.69, 9.17) is 4.43 Å². The van der Waals surface area contributed by atoms with E-state index in [0.29, 0.717) is 10.6 Å². The molecule has 4 saturated carbocycles. The van der Waals surface area contributed by atoms with Gasteiger partial charge < -0.3 is 4.43 Å². The Morgan fingerprint density at radius 3 is 2.11 bits per heavy atom. The predicted octanol–water partition coefficient (Wildman–Crippen LogP) is 8.17. The molecule has 2 aromatic carbocycles. The summed E-state index contributed by atoms with van der Waals surface area (Å²) in [5.74, 6) is 3.09. The van der Waals surface area contributed by atoms with E-state index in [1.807, 2.05) is 49.4 Å². The summed E-state index contributed by atoms with van der Waals surface area (Å²) in [7, 11) is -4.72. The molecule has 0 heterocycles. The van der Waals surface area contributed by atoms with Gasteiger partial charge in [0.2, 0.25) is 0 Å². The highest BCUT2D eigenvalue weighted by Gasteiger charge is 2.52. The molecule has 5 heteroatoms. The molecular weight excluding hydrogens is 493 g/mol. The maximum Gasteiger partial charge on any atom is 0.274 e. The smallest absolute Gasteiger partial charge is 0.274 e. The molecule has 4 aliphatic rings. The lowest BCUT2D eigenvalue weighted by Crippen LogP contribution is -2.49. The fraction of sp³-hybridized carbons (Fsp3) is 0.562. The van der Waals surface area contributed by atoms with Gasteiger partial charge in [-0.15, -0.1) is 0 Å². The van der Waals surface area contributed by atoms with Gasteiger partial charge in [0.1, 0.15) is 11.0 Å². The summed E-state index contributed by atoms with van der Waals surface area (Å²) >= 11 is 0. The zero-order chi connectivity index (χ0) is 26.6. The second-order valence-corrected chi connectivity index (χ2v) is 17.3. The molecule has 1 unspecified atom stereocenters. The molecule has 0 amide bonds. The Balaban J connectivity index is 1.64. The number of benzene rings is 2. The molecule has 199 valence electrons. The van der Waals surface area contributed by atoms with E-state index in [1.165, 1.54) is 49.7 Å². The van der Waals surface area contributed by atoms with E-state index < -0.39 is 24.1 Å². The van der Waals surface area contributed by atoms with Crippen LogP contribution in [0.1, 0.15) is 88.2 Å². The van der Waals surface area contributed by atoms with Crippen LogP contribution in [0.15, 0.2) is 59.5 Å². The van der Waals surface area contributed by atoms with Crippen molar-refractivity contribution in [3.8, 4) is 5.75 Å². The largest absolute Gasteiger partial charge is 0.542 e. The Labute approximate surface area is 226 Å². The number of rotatable bonds is 7. The minimum atomic E-state index is -3.69. The molecule has 4 aliphatic carbocycles. The van der Waals surface area contributed by atoms with Crippen LogP contribution in [0.5, 0.6) is 5.75 Å². The predicted molar refractivity (Wildman–Crippen MR) is 154 cm³/mol. The number of allylic oxidation sites excluding steroid dienone is 1. The fourth-order valence-electron chi connectivity index (χ4n) is 7.96. The molecular formula is C32H43O3SSi. The minimum absolute atomic E-state index is 0.0369. The summed E-state index contributed by atoms with van der Waals surface area (Å²) in [5, 5.41) is -0.778. The first-order valence-electron chi connectivity index (χ1n) is 14.0. The van der Waals surface area contributed by atoms with Crippen molar-refractivity contribution >= 4 is 18.9 Å². The van der Waals surface area contributed by atoms with Crippen LogP contribution in [0.25, 0.3) is 0 Å². The van der Waals surface area contributed by atoms with Gasteiger partial charge in [0.25, 0.3) is 9.04 Å². The molecule has 4 fully saturated rings. The van der Waals surface area contributed by atoms with Crippen molar-refractivity contribution in [3.63, 3.8) is 0 Å². The third kappa shape index (κ3) is 4.98. The first kappa shape index (κ1) is 26.7. The lowest BCUT2D eigenvalue weighted by Gasteiger charge is -2.58. The van der Waals surface area contributed by atoms with E-state index in [0.717, 1.165) is 23.3 Å². The van der Waals surface area contributed by atoms with Crippen LogP contribution < -0.4 is 4.43 Å². The van der Waals surface area contributed by atoms with E-state index in [9.17, 15) is 8.42 Å². The van der Waals surface area contributed by atoms with E-state index >= 15 is 0 Å². The van der Waals surface area contributed by atoms with E-state index in [2.05, 4.69) is 46.0 Å². The molecule has 1 atom stereocenters. The SMILES string of the molecule is C/C=C/C(c1ccccc1O[Si](C)C)S(=O)(=O)c1ccc(C(C)(C)C)c(C23CC4CC(CC(C4)C2)C3)c1. The first-order chi connectivity index (χ1) is 17.4. The van der Waals surface area contributed by atoms with Gasteiger partial charge in [-0.2, -0.15) is 0 Å². The summed E-state index contributed by atoms with van der Waals surface area (Å²) in [6.45, 7) is 12.8. The Morgan fingerprint density at radius 2 is 1.57 bits per heavy atom. The summed E-state index contributed by atoms with van der Waals surface area (Å²) in [4.78, 5) is 0.447. The average molecular weight is 536 g/mol. The van der Waals surface area contributed by atoms with Gasteiger partial charge >= 0.3 is 0 Å². The first-order valence-corrected chi connectivity index (χ1v) is 18.0. The highest BCUT2D eigenvalue weighted by molar-refractivity contribution is 7.91. The van der Waals surface area contributed by atoms with Crippen molar-refractivity contribution in [3.05, 3.63) is 71.3 Å². The van der Waals surface area contributed by atoms with Gasteiger partial charge in [-0.05, 0) is 116 Å². The van der Waals surface area contributed by atoms with Gasteiger partial charge in [-0.1, -0.05) is 57.2 Å². The van der Waals surface area contributed by atoms with Crippen LogP contribution in [0.4, 0.5) is 0 Å². The summed E-state index contributed by atoms with van der Waals surface area (Å²) < 4.78 is 35.0. The van der Waals surface area contributed by atoms with Crippen LogP contribution >= 0.6 is 0 Å². The summed E-state index contributed by atoms with van der Waals surface area (Å²) in [6, 6.07) is 13.7. The second kappa shape index (κ2) is 9.71. The Hall–Kier alpha value is -1.85. The van der Waals surface area contributed by atoms with Crippen molar-refractivity contribution in [1.82, 2.24) is 0 Å². The molecule has 3 nitrogen and oxygen atoms in total. The molecule has 0 spiro atoms. The molecule has 37 heavy (non-hydrogen) atoms. The normalized spacial score (nSPS) is 28.2. The monoisotopic (exact) mass is 535 g/mol. The van der Waals surface area contributed by atoms with Crippen molar-refractivity contribution in [2.45, 2.75) is 100 Å². The third-order valence-electron chi connectivity index (χ3n) is 8.98. The number of para-hydroxylation sites is 1. The highest BCUT2D eigenvalue weighted by atomic mass is 32.2. The van der Waals surface area contributed by atoms with Crippen molar-refractivity contribution < 1.29 is 12.8 Å². The van der Waals surface area contributed by atoms with Crippen LogP contribution in [-0.2, 0) is 20.7 Å². The minimum Gasteiger partial charge on any atom is -0.542 e. The molecule has 4 bridgehead atoms. The molecule has 0 aromatic heterocycles. The molecule has 0 N–H and O–H groups in total. The van der Waals surface area contributed by atoms with Crippen LogP contribution in [-0.4, -0.2) is 17.5 Å². The maximum atomic E-state index is 14.4. The topological polar surface area (TPSA) is 43.4 Å². The molecule has 1 radical (unpaired) electrons. The van der Waals surface area contributed by atoms with Crippen molar-refractivity contribution in [2.24, 2.45) is 17.8 Å². The van der Waals surface area contributed by atoms with Crippen LogP contribution in [0.3, 0.4) is 0 Å². The zero-order valence-corrected chi connectivity index (χ0v) is 25.2. The third-order valence-corrected chi connectivity index (χ3v) is 11.6. The number of sulfone groups is 1. The summed E-state index contributed by atoms with van der Waals surface area (Å²) in [6.07, 6.45) is 11.5. The van der Waals surface area contributed by atoms with Gasteiger partial charge in [-0.25, -0.2) is 8.42 Å². The lowest BCUT2D eigenvalue weighted by atomic mass is 9.47. The van der Waals surface area contributed by atoms with Crippen LogP contribution in [0.2, 0.25) is 13.1 Å². The standard InChI is InChI=1S/C32H43O3SSi/c1-7-10-30(26-11-8-9-12-29(26)35-37(5)6)36(33,34)25-13-14-27(31(2,3)4)28(18-25)32-19-22-15-23(20-32)17-24(16-22)21-32/h7-14,18,22-24,30H,15-17,19-21H2,1-6H3/b10-7+. The number of hydrogen-bond donors (Lipinski definition) is 0. The maximum absolute atomic E-state index is 14.4. The van der Waals surface area contributed by atoms with Gasteiger partial charge in [-0.3, -0.25) is 0 Å². The number of hydrogen-bond acceptors (Lipinski definition) is 3. The Morgan fingerprint density at radius 1 is 0.973 bits per heavy atom. The van der Waals surface area contributed by atoms with Gasteiger partial charge in [0.05, 0.1) is 4.90 Å². The zero-order valence-electron chi connectivity index (χ0n) is 23.4. The molecule has 2 aromatic rings. The average Bonchev–Trinajstić information content (AvgIpc) is 2.81. The van der Waals surface area contributed by atoms with E-state index in [-0.39, 0.29) is 10.8 Å². The van der Waals surface area contributed by atoms with E-state index in [1.54, 1.807) is 0 Å². The van der Waals surface area contributed by atoms with Crippen LogP contribution in [0, 0.1) is 17.8 Å². The Bertz CT molecular complexity index is 1250. The summed E-state index contributed by atoms with van der Waals surface area (Å²) in [5.41, 5.74) is 3.45. The van der Waals surface area contributed by atoms with Gasteiger partial charge in [0.15, 0.2) is 9.84 Å². The highest BCUT2D eigenvalue weighted by Crippen LogP contribution is 2.62. The molecule has 0 aliphatic heterocycles. The fourth-order valence-corrected chi connectivity index (χ4v) is 10.3. The molecule has 0 saturated heterocycles. The quantitative estimate of drug-likeness (QED) is 0.265.